The van der Waals surface area contributed by atoms with Crippen molar-refractivity contribution >= 4 is 23.6 Å². The molecule has 1 saturated heterocycles. The van der Waals surface area contributed by atoms with Crippen LogP contribution >= 0.6 is 0 Å². The van der Waals surface area contributed by atoms with Gasteiger partial charge >= 0.3 is 12.0 Å². The minimum Gasteiger partial charge on any atom is -0.497 e. The normalized spacial score (nSPS) is 15.8. The predicted molar refractivity (Wildman–Crippen MR) is 118 cm³/mol. The molecule has 0 unspecified atom stereocenters. The Labute approximate surface area is 185 Å². The molecule has 4 rings (SSSR count). The third-order valence-corrected chi connectivity index (χ3v) is 5.40. The smallest absolute Gasteiger partial charge is 0.337 e. The Kier molecular flexibility index (Phi) is 6.34. The van der Waals surface area contributed by atoms with E-state index in [9.17, 15) is 9.59 Å². The van der Waals surface area contributed by atoms with E-state index >= 15 is 0 Å². The first-order valence-corrected chi connectivity index (χ1v) is 10.3. The molecule has 2 heterocycles. The number of carbonyl (C=O) groups excluding carboxylic acids is 2. The van der Waals surface area contributed by atoms with Crippen LogP contribution in [0.15, 0.2) is 53.1 Å². The van der Waals surface area contributed by atoms with E-state index in [0.29, 0.717) is 29.6 Å². The molecule has 1 N–H and O–H groups in total. The summed E-state index contributed by atoms with van der Waals surface area (Å²) in [5, 5.41) is 6.99. The van der Waals surface area contributed by atoms with E-state index in [1.807, 2.05) is 29.2 Å². The number of benzene rings is 2. The number of piperidine rings is 1. The maximum atomic E-state index is 12.8. The van der Waals surface area contributed by atoms with Crippen molar-refractivity contribution < 1.29 is 23.6 Å². The summed E-state index contributed by atoms with van der Waals surface area (Å²) in [4.78, 5) is 30.8. The van der Waals surface area contributed by atoms with Crippen LogP contribution in [0.3, 0.4) is 0 Å². The summed E-state index contributed by atoms with van der Waals surface area (Å²) in [6.45, 7) is 1.22. The van der Waals surface area contributed by atoms with E-state index in [2.05, 4.69) is 20.2 Å². The van der Waals surface area contributed by atoms with Crippen LogP contribution in [-0.2, 0) is 9.53 Å². The van der Waals surface area contributed by atoms with E-state index in [1.165, 1.54) is 7.11 Å². The Morgan fingerprint density at radius 2 is 1.84 bits per heavy atom. The zero-order valence-electron chi connectivity index (χ0n) is 17.9. The number of ether oxygens (including phenoxy) is 2. The van der Waals surface area contributed by atoms with E-state index < -0.39 is 5.97 Å². The van der Waals surface area contributed by atoms with Crippen molar-refractivity contribution in [1.82, 2.24) is 10.1 Å². The number of esters is 1. The zero-order chi connectivity index (χ0) is 22.5. The van der Waals surface area contributed by atoms with Crippen molar-refractivity contribution in [3.8, 4) is 17.1 Å². The molecule has 1 aliphatic rings. The summed E-state index contributed by atoms with van der Waals surface area (Å²) in [7, 11) is 2.94. The molecule has 3 aromatic rings. The highest BCUT2D eigenvalue weighted by atomic mass is 16.5. The number of methoxy groups -OCH3 is 2. The highest BCUT2D eigenvalue weighted by Gasteiger charge is 2.29. The number of nitrogens with zero attached hydrogens (tertiary/aromatic N) is 3. The van der Waals surface area contributed by atoms with Crippen molar-refractivity contribution in [3.05, 3.63) is 54.1 Å². The van der Waals surface area contributed by atoms with Crippen molar-refractivity contribution in [2.75, 3.05) is 37.5 Å². The van der Waals surface area contributed by atoms with Gasteiger partial charge in [0.15, 0.2) is 0 Å². The maximum absolute atomic E-state index is 12.8. The lowest BCUT2D eigenvalue weighted by Crippen LogP contribution is -2.41. The molecule has 1 amide bonds. The number of hydrogen-bond donors (Lipinski definition) is 1. The first-order valence-electron chi connectivity index (χ1n) is 10.3. The molecule has 9 nitrogen and oxygen atoms in total. The molecule has 0 aliphatic carbocycles. The summed E-state index contributed by atoms with van der Waals surface area (Å²) in [6.07, 6.45) is 1.60. The molecular formula is C23H24N4O5. The van der Waals surface area contributed by atoms with Gasteiger partial charge in [-0.25, -0.2) is 4.79 Å². The van der Waals surface area contributed by atoms with Crippen LogP contribution in [0.2, 0.25) is 0 Å². The quantitative estimate of drug-likeness (QED) is 0.586. The third kappa shape index (κ3) is 4.72. The zero-order valence-corrected chi connectivity index (χ0v) is 17.9. The number of carbonyl (C=O) groups is 2. The highest BCUT2D eigenvalue weighted by Crippen LogP contribution is 2.26. The van der Waals surface area contributed by atoms with Crippen LogP contribution in [-0.4, -0.2) is 49.3 Å². The monoisotopic (exact) mass is 436 g/mol. The van der Waals surface area contributed by atoms with Gasteiger partial charge in [-0.2, -0.15) is 4.98 Å². The Balaban J connectivity index is 1.39. The van der Waals surface area contributed by atoms with E-state index in [-0.39, 0.29) is 11.8 Å². The van der Waals surface area contributed by atoms with Gasteiger partial charge in [-0.3, -0.25) is 4.79 Å². The standard InChI is InChI=1S/C23H24N4O5/c1-30-19-11-7-15(8-12-19)20-25-23(32-26-20)27-13-3-4-17(14-27)21(28)24-18-9-5-16(6-10-18)22(29)31-2/h5-12,17H,3-4,13-14H2,1-2H3,(H,24,28)/t17-/m0/s1. The first kappa shape index (κ1) is 21.4. The van der Waals surface area contributed by atoms with E-state index in [1.54, 1.807) is 31.4 Å². The molecule has 1 atom stereocenters. The highest BCUT2D eigenvalue weighted by molar-refractivity contribution is 5.94. The van der Waals surface area contributed by atoms with Gasteiger partial charge in [-0.15, -0.1) is 0 Å². The molecular weight excluding hydrogens is 412 g/mol. The Morgan fingerprint density at radius 1 is 1.09 bits per heavy atom. The van der Waals surface area contributed by atoms with Gasteiger partial charge in [0.25, 0.3) is 0 Å². The molecule has 0 saturated carbocycles. The Bertz CT molecular complexity index is 1080. The van der Waals surface area contributed by atoms with Crippen molar-refractivity contribution in [1.29, 1.82) is 0 Å². The van der Waals surface area contributed by atoms with Crippen LogP contribution in [0.25, 0.3) is 11.4 Å². The number of nitrogens with one attached hydrogen (secondary N) is 1. The van der Waals surface area contributed by atoms with Crippen molar-refractivity contribution in [2.45, 2.75) is 12.8 Å². The molecule has 32 heavy (non-hydrogen) atoms. The lowest BCUT2D eigenvalue weighted by molar-refractivity contribution is -0.120. The molecule has 166 valence electrons. The minimum atomic E-state index is -0.417. The van der Waals surface area contributed by atoms with Gasteiger partial charge < -0.3 is 24.2 Å². The fraction of sp³-hybridized carbons (Fsp3) is 0.304. The van der Waals surface area contributed by atoms with Gasteiger partial charge in [-0.05, 0) is 61.4 Å². The van der Waals surface area contributed by atoms with Gasteiger partial charge in [0, 0.05) is 24.3 Å². The number of rotatable bonds is 6. The molecule has 2 aromatic carbocycles. The first-order chi connectivity index (χ1) is 15.6. The molecule has 0 bridgehead atoms. The maximum Gasteiger partial charge on any atom is 0.337 e. The average molecular weight is 436 g/mol. The fourth-order valence-corrected chi connectivity index (χ4v) is 3.62. The van der Waals surface area contributed by atoms with Crippen molar-refractivity contribution in [2.24, 2.45) is 5.92 Å². The van der Waals surface area contributed by atoms with Gasteiger partial charge in [-0.1, -0.05) is 5.16 Å². The lowest BCUT2D eigenvalue weighted by atomic mass is 9.97. The second-order valence-corrected chi connectivity index (χ2v) is 7.47. The summed E-state index contributed by atoms with van der Waals surface area (Å²) < 4.78 is 15.3. The minimum absolute atomic E-state index is 0.0876. The third-order valence-electron chi connectivity index (χ3n) is 5.40. The van der Waals surface area contributed by atoms with Gasteiger partial charge in [0.2, 0.25) is 11.7 Å². The summed E-state index contributed by atoms with van der Waals surface area (Å²) >= 11 is 0. The molecule has 0 radical (unpaired) electrons. The molecule has 0 spiro atoms. The lowest BCUT2D eigenvalue weighted by Gasteiger charge is -2.30. The Morgan fingerprint density at radius 3 is 2.53 bits per heavy atom. The summed E-state index contributed by atoms with van der Waals surface area (Å²) in [5.74, 6) is 0.511. The SMILES string of the molecule is COC(=O)c1ccc(NC(=O)[C@H]2CCCN(c3nc(-c4ccc(OC)cc4)no3)C2)cc1. The molecule has 1 fully saturated rings. The van der Waals surface area contributed by atoms with Gasteiger partial charge in [0.05, 0.1) is 25.7 Å². The topological polar surface area (TPSA) is 107 Å². The number of hydrogen-bond acceptors (Lipinski definition) is 8. The van der Waals surface area contributed by atoms with E-state index in [4.69, 9.17) is 9.26 Å². The number of anilines is 2. The molecule has 1 aliphatic heterocycles. The van der Waals surface area contributed by atoms with Crippen LogP contribution < -0.4 is 15.0 Å². The number of aromatic nitrogens is 2. The van der Waals surface area contributed by atoms with Crippen LogP contribution in [0.4, 0.5) is 11.7 Å². The van der Waals surface area contributed by atoms with Gasteiger partial charge in [0.1, 0.15) is 5.75 Å². The van der Waals surface area contributed by atoms with Crippen LogP contribution in [0.5, 0.6) is 5.75 Å². The summed E-state index contributed by atoms with van der Waals surface area (Å²) in [5.41, 5.74) is 1.88. The predicted octanol–water partition coefficient (Wildman–Crippen LogP) is 3.39. The van der Waals surface area contributed by atoms with Crippen LogP contribution in [0.1, 0.15) is 23.2 Å². The summed E-state index contributed by atoms with van der Waals surface area (Å²) in [6, 6.07) is 14.4. The number of amides is 1. The van der Waals surface area contributed by atoms with E-state index in [0.717, 1.165) is 30.7 Å². The largest absolute Gasteiger partial charge is 0.497 e. The Hall–Kier alpha value is -3.88. The second kappa shape index (κ2) is 9.51. The fourth-order valence-electron chi connectivity index (χ4n) is 3.62. The second-order valence-electron chi connectivity index (χ2n) is 7.47. The van der Waals surface area contributed by atoms with Crippen molar-refractivity contribution in [3.63, 3.8) is 0 Å². The van der Waals surface area contributed by atoms with Crippen LogP contribution in [0, 0.1) is 5.92 Å². The molecule has 9 heteroatoms. The molecule has 1 aromatic heterocycles. The average Bonchev–Trinajstić information content (AvgIpc) is 3.34.